The van der Waals surface area contributed by atoms with Gasteiger partial charge in [-0.2, -0.15) is 5.26 Å². The number of ether oxygens (including phenoxy) is 2. The zero-order valence-corrected chi connectivity index (χ0v) is 18.3. The zero-order chi connectivity index (χ0) is 23.4. The number of pyridine rings is 1. The zero-order valence-electron chi connectivity index (χ0n) is 17.5. The molecule has 5 aromatic rings. The minimum atomic E-state index is -0.515. The van der Waals surface area contributed by atoms with Crippen LogP contribution in [-0.2, 0) is 0 Å². The predicted octanol–water partition coefficient (Wildman–Crippen LogP) is 5.42. The van der Waals surface area contributed by atoms with E-state index in [9.17, 15) is 9.65 Å². The molecule has 0 radical (unpaired) electrons. The highest BCUT2D eigenvalue weighted by molar-refractivity contribution is 6.33. The van der Waals surface area contributed by atoms with Gasteiger partial charge < -0.3 is 14.0 Å². The summed E-state index contributed by atoms with van der Waals surface area (Å²) < 4.78 is 32.2. The second-order valence-electron chi connectivity index (χ2n) is 7.57. The number of benzene rings is 2. The van der Waals surface area contributed by atoms with Gasteiger partial charge in [-0.3, -0.25) is 0 Å². The van der Waals surface area contributed by atoms with Gasteiger partial charge in [-0.1, -0.05) is 28.9 Å². The quantitative estimate of drug-likeness (QED) is 0.345. The van der Waals surface area contributed by atoms with Gasteiger partial charge in [0.05, 0.1) is 10.6 Å². The van der Waals surface area contributed by atoms with Gasteiger partial charge in [0.2, 0.25) is 18.4 Å². The summed E-state index contributed by atoms with van der Waals surface area (Å²) in [6.07, 6.45) is 1.70. The molecule has 0 spiro atoms. The van der Waals surface area contributed by atoms with Gasteiger partial charge >= 0.3 is 0 Å². The van der Waals surface area contributed by atoms with E-state index < -0.39 is 5.82 Å². The molecule has 10 heteroatoms. The molecule has 1 aliphatic rings. The van der Waals surface area contributed by atoms with Crippen molar-refractivity contribution in [3.05, 3.63) is 70.6 Å². The lowest BCUT2D eigenvalue weighted by molar-refractivity contribution is 0.174. The summed E-state index contributed by atoms with van der Waals surface area (Å²) in [5.41, 5.74) is 3.04. The van der Waals surface area contributed by atoms with Crippen molar-refractivity contribution in [1.82, 2.24) is 19.8 Å². The number of fused-ring (bicyclic) bond motifs is 2. The van der Waals surface area contributed by atoms with Crippen LogP contribution < -0.4 is 9.47 Å². The minimum absolute atomic E-state index is 0.142. The smallest absolute Gasteiger partial charge is 0.231 e. The molecule has 1 aliphatic heterocycles. The summed E-state index contributed by atoms with van der Waals surface area (Å²) in [4.78, 5) is 4.54. The van der Waals surface area contributed by atoms with Crippen LogP contribution in [0.25, 0.3) is 39.6 Å². The molecule has 0 saturated carbocycles. The number of nitriles is 1. The van der Waals surface area contributed by atoms with Crippen LogP contribution in [-0.4, -0.2) is 26.5 Å². The molecule has 0 N–H and O–H groups in total. The number of hydrogen-bond donors (Lipinski definition) is 0. The van der Waals surface area contributed by atoms with E-state index in [4.69, 9.17) is 25.6 Å². The summed E-state index contributed by atoms with van der Waals surface area (Å²) in [6.45, 7) is 1.88. The largest absolute Gasteiger partial charge is 0.454 e. The fourth-order valence-corrected chi connectivity index (χ4v) is 4.21. The molecule has 0 fully saturated rings. The third-order valence-electron chi connectivity index (χ3n) is 5.63. The number of hydrogen-bond acceptors (Lipinski definition) is 7. The molecule has 0 bridgehead atoms. The molecule has 166 valence electrons. The van der Waals surface area contributed by atoms with Crippen LogP contribution in [0.4, 0.5) is 4.39 Å². The number of nitrogens with zero attached hydrogens (tertiary/aromatic N) is 5. The first-order chi connectivity index (χ1) is 16.5. The van der Waals surface area contributed by atoms with E-state index in [0.29, 0.717) is 33.8 Å². The highest BCUT2D eigenvalue weighted by Gasteiger charge is 2.24. The summed E-state index contributed by atoms with van der Waals surface area (Å²) >= 11 is 6.20. The fourth-order valence-electron chi connectivity index (χ4n) is 3.96. The van der Waals surface area contributed by atoms with Crippen molar-refractivity contribution >= 4 is 17.2 Å². The van der Waals surface area contributed by atoms with E-state index in [2.05, 4.69) is 21.3 Å². The van der Waals surface area contributed by atoms with Crippen LogP contribution in [0.3, 0.4) is 0 Å². The first-order valence-electron chi connectivity index (χ1n) is 10.2. The second kappa shape index (κ2) is 7.57. The van der Waals surface area contributed by atoms with Crippen LogP contribution >= 0.6 is 11.6 Å². The van der Waals surface area contributed by atoms with Crippen LogP contribution in [0.15, 0.2) is 53.2 Å². The third-order valence-corrected chi connectivity index (χ3v) is 5.94. The minimum Gasteiger partial charge on any atom is -0.454 e. The van der Waals surface area contributed by atoms with E-state index in [1.807, 2.05) is 12.1 Å². The number of rotatable bonds is 3. The third kappa shape index (κ3) is 3.00. The Balaban J connectivity index is 1.47. The Kier molecular flexibility index (Phi) is 4.50. The van der Waals surface area contributed by atoms with Gasteiger partial charge in [-0.15, -0.1) is 5.10 Å². The molecule has 3 aromatic heterocycles. The highest BCUT2D eigenvalue weighted by Crippen LogP contribution is 2.38. The average Bonchev–Trinajstić information content (AvgIpc) is 3.56. The fraction of sp³-hybridized carbons (Fsp3) is 0.0833. The molecule has 0 amide bonds. The first-order valence-corrected chi connectivity index (χ1v) is 10.5. The van der Waals surface area contributed by atoms with Crippen molar-refractivity contribution in [1.29, 1.82) is 5.26 Å². The summed E-state index contributed by atoms with van der Waals surface area (Å²) in [7, 11) is 0. The summed E-state index contributed by atoms with van der Waals surface area (Å²) in [6, 6.07) is 13.9. The van der Waals surface area contributed by atoms with Crippen molar-refractivity contribution < 1.29 is 18.4 Å². The average molecular weight is 474 g/mol. The maximum Gasteiger partial charge on any atom is 0.231 e. The molecule has 0 saturated heterocycles. The molecule has 4 heterocycles. The SMILES string of the molecule is Cc1c(-c2c(F)cccc2Cl)noc1-c1nc2c(C#N)c(-c3ccc4c(c3)OCO4)ccn2n1. The molecule has 2 aromatic carbocycles. The van der Waals surface area contributed by atoms with E-state index >= 15 is 0 Å². The van der Waals surface area contributed by atoms with E-state index in [-0.39, 0.29) is 34.7 Å². The van der Waals surface area contributed by atoms with Gasteiger partial charge in [0.15, 0.2) is 17.1 Å². The van der Waals surface area contributed by atoms with Gasteiger partial charge in [-0.05, 0) is 42.8 Å². The normalized spacial score (nSPS) is 12.3. The first kappa shape index (κ1) is 20.2. The molecule has 6 rings (SSSR count). The second-order valence-corrected chi connectivity index (χ2v) is 7.98. The van der Waals surface area contributed by atoms with Crippen molar-refractivity contribution in [3.8, 4) is 51.5 Å². The molecule has 0 aliphatic carbocycles. The topological polar surface area (TPSA) is 98.5 Å². The lowest BCUT2D eigenvalue weighted by atomic mass is 10.0. The molecule has 0 atom stereocenters. The van der Waals surface area contributed by atoms with E-state index in [0.717, 1.165) is 5.56 Å². The van der Waals surface area contributed by atoms with E-state index in [1.54, 1.807) is 31.3 Å². The Bertz CT molecular complexity index is 1630. The van der Waals surface area contributed by atoms with Gasteiger partial charge in [0, 0.05) is 17.3 Å². The standard InChI is InChI=1S/C24H13ClFN5O3/c1-12-21(20-16(25)3-2-4-17(20)26)30-34-22(12)23-28-24-15(10-27)14(7-8-31(24)29-23)13-5-6-18-19(9-13)33-11-32-18/h2-9H,11H2,1H3. The maximum atomic E-state index is 14.4. The maximum absolute atomic E-state index is 14.4. The van der Waals surface area contributed by atoms with Crippen molar-refractivity contribution in [2.24, 2.45) is 0 Å². The lowest BCUT2D eigenvalue weighted by Crippen LogP contribution is -1.94. The Labute approximate surface area is 196 Å². The summed E-state index contributed by atoms with van der Waals surface area (Å²) in [5.74, 6) is 1.22. The predicted molar refractivity (Wildman–Crippen MR) is 120 cm³/mol. The summed E-state index contributed by atoms with van der Waals surface area (Å²) in [5, 5.41) is 18.6. The van der Waals surface area contributed by atoms with E-state index in [1.165, 1.54) is 16.6 Å². The Morgan fingerprint density at radius 2 is 2.00 bits per heavy atom. The van der Waals surface area contributed by atoms with Crippen LogP contribution in [0.5, 0.6) is 11.5 Å². The van der Waals surface area contributed by atoms with Crippen molar-refractivity contribution in [2.75, 3.05) is 6.79 Å². The van der Waals surface area contributed by atoms with Gasteiger partial charge in [0.25, 0.3) is 0 Å². The van der Waals surface area contributed by atoms with Gasteiger partial charge in [-0.25, -0.2) is 13.9 Å². The number of aromatic nitrogens is 4. The monoisotopic (exact) mass is 473 g/mol. The van der Waals surface area contributed by atoms with Crippen molar-refractivity contribution in [2.45, 2.75) is 6.92 Å². The molecular formula is C24H13ClFN5O3. The molecule has 34 heavy (non-hydrogen) atoms. The lowest BCUT2D eigenvalue weighted by Gasteiger charge is -2.06. The van der Waals surface area contributed by atoms with Gasteiger partial charge in [0.1, 0.15) is 23.1 Å². The number of halogens is 2. The Morgan fingerprint density at radius 1 is 1.15 bits per heavy atom. The van der Waals surface area contributed by atoms with Crippen LogP contribution in [0.1, 0.15) is 11.1 Å². The van der Waals surface area contributed by atoms with Crippen LogP contribution in [0.2, 0.25) is 5.02 Å². The molecule has 8 nitrogen and oxygen atoms in total. The Hall–Kier alpha value is -4.42. The van der Waals surface area contributed by atoms with Crippen molar-refractivity contribution in [3.63, 3.8) is 0 Å². The Morgan fingerprint density at radius 3 is 2.82 bits per heavy atom. The van der Waals surface area contributed by atoms with Crippen LogP contribution in [0, 0.1) is 24.1 Å². The highest BCUT2D eigenvalue weighted by atomic mass is 35.5. The molecule has 0 unspecified atom stereocenters. The molecular weight excluding hydrogens is 461 g/mol.